The van der Waals surface area contributed by atoms with Gasteiger partial charge < -0.3 is 29.9 Å². The molecule has 0 saturated carbocycles. The molecule has 10 nitrogen and oxygen atoms in total. The summed E-state index contributed by atoms with van der Waals surface area (Å²) in [6.45, 7) is -0.264. The Morgan fingerprint density at radius 2 is 2.04 bits per heavy atom. The Hall–Kier alpha value is 0.420. The Morgan fingerprint density at radius 1 is 1.35 bits per heavy atom. The Balaban J connectivity index is 0.00000242. The van der Waals surface area contributed by atoms with Crippen molar-refractivity contribution in [1.82, 2.24) is 19.5 Å². The minimum atomic E-state index is -4.66. The van der Waals surface area contributed by atoms with E-state index in [0.29, 0.717) is 11.2 Å². The van der Waals surface area contributed by atoms with Crippen molar-refractivity contribution in [3.63, 3.8) is 0 Å². The maximum Gasteiger partial charge on any atom is 1.00 e. The van der Waals surface area contributed by atoms with E-state index in [4.69, 9.17) is 15.6 Å². The maximum atomic E-state index is 10.8. The summed E-state index contributed by atoms with van der Waals surface area (Å²) in [5.74, 6) is 0.179. The normalized spacial score (nSPS) is 12.5. The predicted octanol–water partition coefficient (Wildman–Crippen LogP) is -7.77. The first-order valence-corrected chi connectivity index (χ1v) is 7.81. The fourth-order valence-corrected chi connectivity index (χ4v) is 2.38. The van der Waals surface area contributed by atoms with Crippen molar-refractivity contribution in [2.24, 2.45) is 0 Å². The number of fused-ring (bicyclic) bond motifs is 1. The van der Waals surface area contributed by atoms with Crippen molar-refractivity contribution >= 4 is 24.6 Å². The first-order chi connectivity index (χ1) is 9.92. The number of ether oxygens (including phenoxy) is 1. The third-order valence-electron chi connectivity index (χ3n) is 2.75. The van der Waals surface area contributed by atoms with E-state index < -0.39 is 20.0 Å². The van der Waals surface area contributed by atoms with E-state index in [-0.39, 0.29) is 84.6 Å². The average molecular weight is 361 g/mol. The van der Waals surface area contributed by atoms with Gasteiger partial charge in [0.1, 0.15) is 18.1 Å². The molecule has 13 heteroatoms. The standard InChI is InChI=1S/C10H16N5O5P.2Na/c11-9-8-10(13-5-12-9)15(6-14-8)7(20-3-2-16)1-4-21(17,18)19;;/h5-7,16H,1-4H2,(H2,11,12,13)(H2,17,18,19);;/q;2*+1/p-2. The number of nitrogens with zero attached hydrogens (tertiary/aromatic N) is 4. The summed E-state index contributed by atoms with van der Waals surface area (Å²) in [6, 6.07) is 0. The van der Waals surface area contributed by atoms with Crippen LogP contribution in [0.25, 0.3) is 11.2 Å². The molecule has 0 bridgehead atoms. The van der Waals surface area contributed by atoms with Crippen LogP contribution in [0, 0.1) is 0 Å². The van der Waals surface area contributed by atoms with Crippen molar-refractivity contribution in [2.45, 2.75) is 12.6 Å². The minimum Gasteiger partial charge on any atom is -0.811 e. The van der Waals surface area contributed by atoms with Gasteiger partial charge in [-0.05, 0) is 12.6 Å². The fourth-order valence-electron chi connectivity index (χ4n) is 1.84. The van der Waals surface area contributed by atoms with E-state index in [2.05, 4.69) is 15.0 Å². The molecule has 1 unspecified atom stereocenters. The number of hydrogen-bond donors (Lipinski definition) is 2. The quantitative estimate of drug-likeness (QED) is 0.360. The van der Waals surface area contributed by atoms with Crippen LogP contribution in [0.5, 0.6) is 0 Å². The molecular formula is C10H14N5Na2O5P. The van der Waals surface area contributed by atoms with Gasteiger partial charge >= 0.3 is 59.1 Å². The van der Waals surface area contributed by atoms with Crippen LogP contribution in [0.2, 0.25) is 0 Å². The van der Waals surface area contributed by atoms with Gasteiger partial charge in [0.05, 0.1) is 19.5 Å². The number of aliphatic hydroxyl groups is 1. The molecule has 0 aliphatic carbocycles. The number of nitrogen functional groups attached to an aromatic ring is 1. The number of nitrogens with two attached hydrogens (primary N) is 1. The molecule has 0 spiro atoms. The van der Waals surface area contributed by atoms with E-state index in [1.807, 2.05) is 0 Å². The summed E-state index contributed by atoms with van der Waals surface area (Å²) >= 11 is 0. The van der Waals surface area contributed by atoms with Crippen LogP contribution in [0.1, 0.15) is 12.6 Å². The van der Waals surface area contributed by atoms with Crippen LogP contribution in [-0.4, -0.2) is 44.0 Å². The number of anilines is 1. The molecule has 23 heavy (non-hydrogen) atoms. The average Bonchev–Trinajstić information content (AvgIpc) is 2.83. The number of aromatic nitrogens is 4. The van der Waals surface area contributed by atoms with Crippen molar-refractivity contribution in [1.29, 1.82) is 0 Å². The van der Waals surface area contributed by atoms with Crippen molar-refractivity contribution in [3.05, 3.63) is 12.7 Å². The molecule has 2 rings (SSSR count). The topological polar surface area (TPSA) is 162 Å². The van der Waals surface area contributed by atoms with Crippen molar-refractivity contribution in [3.8, 4) is 0 Å². The van der Waals surface area contributed by atoms with Gasteiger partial charge in [-0.1, -0.05) is 7.60 Å². The SMILES string of the molecule is Nc1ncnc2c1ncn2C(CCP(=O)([O-])[O-])OCCO.[Na+].[Na+]. The Kier molecular flexibility index (Phi) is 10.6. The second kappa shape index (κ2) is 10.4. The first kappa shape index (κ1) is 23.4. The van der Waals surface area contributed by atoms with Gasteiger partial charge in [0, 0.05) is 0 Å². The minimum absolute atomic E-state index is 0. The second-order valence-corrected chi connectivity index (χ2v) is 5.92. The Morgan fingerprint density at radius 3 is 2.65 bits per heavy atom. The first-order valence-electron chi connectivity index (χ1n) is 6.09. The Bertz CT molecular complexity index is 666. The van der Waals surface area contributed by atoms with E-state index >= 15 is 0 Å². The monoisotopic (exact) mass is 361 g/mol. The van der Waals surface area contributed by atoms with Gasteiger partial charge in [-0.2, -0.15) is 0 Å². The predicted molar refractivity (Wildman–Crippen MR) is 68.9 cm³/mol. The number of hydrogen-bond acceptors (Lipinski definition) is 9. The van der Waals surface area contributed by atoms with Crippen LogP contribution in [0.4, 0.5) is 5.82 Å². The molecule has 2 aromatic rings. The summed E-state index contributed by atoms with van der Waals surface area (Å²) in [6.07, 6.45) is 1.15. The van der Waals surface area contributed by atoms with Crippen LogP contribution >= 0.6 is 7.60 Å². The summed E-state index contributed by atoms with van der Waals surface area (Å²) in [5.41, 5.74) is 6.37. The van der Waals surface area contributed by atoms with Crippen LogP contribution in [0.15, 0.2) is 12.7 Å². The van der Waals surface area contributed by atoms with Gasteiger partial charge in [-0.25, -0.2) is 15.0 Å². The molecule has 0 radical (unpaired) electrons. The van der Waals surface area contributed by atoms with E-state index in [0.717, 1.165) is 0 Å². The van der Waals surface area contributed by atoms with Gasteiger partial charge in [-0.15, -0.1) is 0 Å². The number of rotatable bonds is 7. The molecule has 1 atom stereocenters. The molecule has 0 fully saturated rings. The largest absolute Gasteiger partial charge is 1.00 e. The van der Waals surface area contributed by atoms with E-state index in [1.165, 1.54) is 17.2 Å². The van der Waals surface area contributed by atoms with Crippen LogP contribution in [0.3, 0.4) is 0 Å². The van der Waals surface area contributed by atoms with Crippen LogP contribution < -0.4 is 74.6 Å². The maximum absolute atomic E-state index is 10.8. The fraction of sp³-hybridized carbons (Fsp3) is 0.500. The summed E-state index contributed by atoms with van der Waals surface area (Å²) in [7, 11) is -4.66. The van der Waals surface area contributed by atoms with Crippen molar-refractivity contribution in [2.75, 3.05) is 25.1 Å². The van der Waals surface area contributed by atoms with E-state index in [9.17, 15) is 14.4 Å². The van der Waals surface area contributed by atoms with Crippen LogP contribution in [-0.2, 0) is 9.30 Å². The third-order valence-corrected chi connectivity index (χ3v) is 3.55. The molecule has 2 heterocycles. The van der Waals surface area contributed by atoms with E-state index in [1.54, 1.807) is 0 Å². The molecule has 0 saturated heterocycles. The molecule has 0 amide bonds. The second-order valence-electron chi connectivity index (χ2n) is 4.26. The van der Waals surface area contributed by atoms with Gasteiger partial charge in [0.25, 0.3) is 0 Å². The molecule has 0 aliphatic heterocycles. The number of imidazole rings is 1. The van der Waals surface area contributed by atoms with Gasteiger partial charge in [0.15, 0.2) is 11.5 Å². The molecule has 116 valence electrons. The zero-order chi connectivity index (χ0) is 15.5. The molecule has 3 N–H and O–H groups in total. The number of aliphatic hydroxyl groups excluding tert-OH is 1. The van der Waals surface area contributed by atoms with Crippen molar-refractivity contribution < 1.29 is 83.3 Å². The van der Waals surface area contributed by atoms with Gasteiger partial charge in [-0.3, -0.25) is 4.57 Å². The summed E-state index contributed by atoms with van der Waals surface area (Å²) in [4.78, 5) is 33.4. The molecular weight excluding hydrogens is 347 g/mol. The molecule has 0 aliphatic rings. The Labute approximate surface area is 176 Å². The summed E-state index contributed by atoms with van der Waals surface area (Å²) < 4.78 is 17.6. The zero-order valence-electron chi connectivity index (χ0n) is 13.0. The smallest absolute Gasteiger partial charge is 0.811 e. The molecule has 0 aromatic carbocycles. The van der Waals surface area contributed by atoms with Gasteiger partial charge in [0.2, 0.25) is 0 Å². The summed E-state index contributed by atoms with van der Waals surface area (Å²) in [5, 5.41) is 8.82. The zero-order valence-corrected chi connectivity index (χ0v) is 17.8. The third kappa shape index (κ3) is 6.68. The molecule has 2 aromatic heterocycles.